The van der Waals surface area contributed by atoms with Crippen molar-refractivity contribution < 1.29 is 33.0 Å². The van der Waals surface area contributed by atoms with Crippen LogP contribution < -0.4 is 8.44 Å². The van der Waals surface area contributed by atoms with E-state index in [1.807, 2.05) is 91.0 Å². The van der Waals surface area contributed by atoms with Gasteiger partial charge in [-0.1, -0.05) is 0 Å². The Balaban J connectivity index is 2.10. The van der Waals surface area contributed by atoms with Gasteiger partial charge in [-0.2, -0.15) is 0 Å². The molecule has 0 unspecified atom stereocenters. The van der Waals surface area contributed by atoms with E-state index < -0.39 is 30.3 Å². The summed E-state index contributed by atoms with van der Waals surface area (Å²) >= 11 is -4.71. The second-order valence-corrected chi connectivity index (χ2v) is 17.8. The predicted molar refractivity (Wildman–Crippen MR) is 133 cm³/mol. The molecule has 4 nitrogen and oxygen atoms in total. The monoisotopic (exact) mass is 542 g/mol. The molecule has 0 saturated carbocycles. The molecule has 0 fully saturated rings. The average molecular weight is 544 g/mol. The maximum absolute atomic E-state index is 7.24. The van der Waals surface area contributed by atoms with E-state index in [0.29, 0.717) is 17.2 Å². The van der Waals surface area contributed by atoms with Crippen LogP contribution in [0.2, 0.25) is 18.1 Å². The van der Waals surface area contributed by atoms with Gasteiger partial charge in [-0.3, -0.25) is 0 Å². The summed E-state index contributed by atoms with van der Waals surface area (Å²) in [4.78, 5) is 0. The predicted octanol–water partition coefficient (Wildman–Crippen LogP) is 8.23. The fraction of sp³-hybridized carbons (Fsp3) is 0.333. The van der Waals surface area contributed by atoms with Crippen molar-refractivity contribution in [3.05, 3.63) is 91.0 Å². The molecule has 6 heteroatoms. The van der Waals surface area contributed by atoms with Gasteiger partial charge in [0.2, 0.25) is 0 Å². The second kappa shape index (κ2) is 13.1. The van der Waals surface area contributed by atoms with Crippen LogP contribution in [0, 0.1) is 0 Å². The summed E-state index contributed by atoms with van der Waals surface area (Å²) in [6, 6.07) is 32.6. The van der Waals surface area contributed by atoms with Crippen LogP contribution in [0.15, 0.2) is 91.0 Å². The van der Waals surface area contributed by atoms with Crippen LogP contribution in [0.25, 0.3) is 0 Å². The van der Waals surface area contributed by atoms with Gasteiger partial charge in [0.05, 0.1) is 0 Å². The first-order valence-corrected chi connectivity index (χ1v) is 18.6. The van der Waals surface area contributed by atoms with Gasteiger partial charge in [0.1, 0.15) is 0 Å². The fourth-order valence-electron chi connectivity index (χ4n) is 4.18. The molecule has 0 radical (unpaired) electrons. The van der Waals surface area contributed by atoms with Crippen molar-refractivity contribution in [3.63, 3.8) is 0 Å². The molecule has 0 aliphatic carbocycles. The molecule has 0 aromatic heterocycles. The van der Waals surface area contributed by atoms with Gasteiger partial charge in [-0.05, 0) is 0 Å². The first-order chi connectivity index (χ1) is 16.1. The number of hydrogen-bond acceptors (Lipinski definition) is 4. The summed E-state index contributed by atoms with van der Waals surface area (Å²) in [5.41, 5.74) is 0. The zero-order valence-corrected chi connectivity index (χ0v) is 23.5. The third-order valence-electron chi connectivity index (χ3n) is 5.42. The van der Waals surface area contributed by atoms with Gasteiger partial charge in [-0.25, -0.2) is 0 Å². The Kier molecular flexibility index (Phi) is 10.2. The summed E-state index contributed by atoms with van der Waals surface area (Å²) in [7, 11) is -2.17. The Morgan fingerprint density at radius 1 is 0.515 bits per heavy atom. The van der Waals surface area contributed by atoms with Crippen LogP contribution in [0.3, 0.4) is 0 Å². The molecule has 3 rings (SSSR count). The molecular formula is C27H36O4SiZr. The zero-order valence-electron chi connectivity index (χ0n) is 20.0. The Morgan fingerprint density at radius 3 is 1.09 bits per heavy atom. The van der Waals surface area contributed by atoms with Crippen molar-refractivity contribution in [1.29, 1.82) is 0 Å². The molecule has 0 aliphatic rings. The van der Waals surface area contributed by atoms with Crippen molar-refractivity contribution in [3.8, 4) is 17.2 Å². The van der Waals surface area contributed by atoms with E-state index in [0.717, 1.165) is 37.4 Å². The van der Waals surface area contributed by atoms with Crippen molar-refractivity contribution in [2.75, 3.05) is 0 Å². The Hall–Kier alpha value is -1.88. The van der Waals surface area contributed by atoms with Crippen LogP contribution in [-0.4, -0.2) is 8.32 Å². The standard InChI is InChI=1S/C9H21OSi.3C6H6O.Zr/c1-4-7-11(10,8-5-2)9-6-3;3*7-6-4-2-1-3-5-6;/h4-9H2,1-3H3;3*1-5,7H;/q-1;;;;+4/p-3. The van der Waals surface area contributed by atoms with Crippen LogP contribution >= 0.6 is 0 Å². The van der Waals surface area contributed by atoms with Crippen molar-refractivity contribution in [2.24, 2.45) is 0 Å². The van der Waals surface area contributed by atoms with E-state index in [4.69, 9.17) is 10.9 Å². The van der Waals surface area contributed by atoms with E-state index in [9.17, 15) is 0 Å². The summed E-state index contributed by atoms with van der Waals surface area (Å²) in [6.45, 7) is 6.71. The van der Waals surface area contributed by atoms with Gasteiger partial charge in [0.25, 0.3) is 0 Å². The van der Waals surface area contributed by atoms with Crippen molar-refractivity contribution in [2.45, 2.75) is 58.2 Å². The van der Waals surface area contributed by atoms with E-state index >= 15 is 0 Å². The quantitative estimate of drug-likeness (QED) is 0.192. The molecule has 0 N–H and O–H groups in total. The van der Waals surface area contributed by atoms with Gasteiger partial charge < -0.3 is 0 Å². The van der Waals surface area contributed by atoms with E-state index in [1.54, 1.807) is 0 Å². The molecule has 176 valence electrons. The molecule has 0 heterocycles. The van der Waals surface area contributed by atoms with Crippen molar-refractivity contribution >= 4 is 8.32 Å². The van der Waals surface area contributed by atoms with Crippen molar-refractivity contribution in [1.82, 2.24) is 0 Å². The minimum atomic E-state index is -4.71. The van der Waals surface area contributed by atoms with Crippen LogP contribution in [0.4, 0.5) is 0 Å². The Labute approximate surface area is 206 Å². The first-order valence-electron chi connectivity index (χ1n) is 12.0. The van der Waals surface area contributed by atoms with Crippen LogP contribution in [0.5, 0.6) is 17.2 Å². The molecule has 33 heavy (non-hydrogen) atoms. The normalized spacial score (nSPS) is 11.7. The Bertz CT molecular complexity index is 806. The van der Waals surface area contributed by atoms with Crippen LogP contribution in [0.1, 0.15) is 40.0 Å². The molecule has 0 saturated heterocycles. The van der Waals surface area contributed by atoms with Gasteiger partial charge >= 0.3 is 208 Å². The third kappa shape index (κ3) is 7.84. The molecule has 0 aliphatic heterocycles. The summed E-state index contributed by atoms with van der Waals surface area (Å²) < 4.78 is 27.3. The molecular weight excluding hydrogens is 508 g/mol. The van der Waals surface area contributed by atoms with Gasteiger partial charge in [0, 0.05) is 0 Å². The van der Waals surface area contributed by atoms with Gasteiger partial charge in [-0.15, -0.1) is 0 Å². The Morgan fingerprint density at radius 2 is 0.818 bits per heavy atom. The molecule has 0 atom stereocenters. The number of hydrogen-bond donors (Lipinski definition) is 0. The van der Waals surface area contributed by atoms with E-state index in [1.165, 1.54) is 0 Å². The topological polar surface area (TPSA) is 36.9 Å². The zero-order chi connectivity index (χ0) is 23.4. The maximum atomic E-state index is 7.24. The fourth-order valence-corrected chi connectivity index (χ4v) is 19.2. The molecule has 0 bridgehead atoms. The number of rotatable bonds is 14. The molecule has 3 aromatic carbocycles. The first kappa shape index (κ1) is 25.7. The summed E-state index contributed by atoms with van der Waals surface area (Å²) in [6.07, 6.45) is 3.24. The van der Waals surface area contributed by atoms with Gasteiger partial charge in [0.15, 0.2) is 0 Å². The van der Waals surface area contributed by atoms with Crippen LogP contribution in [-0.2, 0) is 24.5 Å². The number of para-hydroxylation sites is 3. The average Bonchev–Trinajstić information content (AvgIpc) is 2.81. The van der Waals surface area contributed by atoms with E-state index in [-0.39, 0.29) is 0 Å². The summed E-state index contributed by atoms with van der Waals surface area (Å²) in [5.74, 6) is 2.15. The third-order valence-corrected chi connectivity index (χ3v) is 19.0. The SMILES string of the molecule is CCC[Si](CCC)(CCC)[O][Zr]([O]c1ccccc1)([O]c1ccccc1)[O]c1ccccc1. The second-order valence-electron chi connectivity index (χ2n) is 8.28. The molecule has 0 spiro atoms. The molecule has 0 amide bonds. The minimum absolute atomic E-state index is 0.715. The molecule has 3 aromatic rings. The number of benzene rings is 3. The summed E-state index contributed by atoms with van der Waals surface area (Å²) in [5, 5.41) is 0. The van der Waals surface area contributed by atoms with E-state index in [2.05, 4.69) is 20.8 Å².